The molecule has 3 heterocycles. The molecule has 0 spiro atoms. The van der Waals surface area contributed by atoms with E-state index < -0.39 is 11.2 Å². The number of aromatic nitrogens is 3. The van der Waals surface area contributed by atoms with Crippen LogP contribution in [-0.2, 0) is 11.3 Å². The number of H-pyrrole nitrogens is 1. The number of aromatic amines is 1. The molecule has 9 heteroatoms. The number of piperazine rings is 1. The van der Waals surface area contributed by atoms with E-state index in [1.54, 1.807) is 11.0 Å². The van der Waals surface area contributed by atoms with Crippen LogP contribution in [0.25, 0.3) is 11.0 Å². The summed E-state index contributed by atoms with van der Waals surface area (Å²) in [4.78, 5) is 61.9. The van der Waals surface area contributed by atoms with Crippen molar-refractivity contribution in [1.29, 1.82) is 0 Å². The molecule has 2 aliphatic carbocycles. The average Bonchev–Trinajstić information content (AvgIpc) is 3.59. The van der Waals surface area contributed by atoms with Crippen LogP contribution in [0.5, 0.6) is 0 Å². The summed E-state index contributed by atoms with van der Waals surface area (Å²) in [5.41, 5.74) is 0.309. The minimum absolute atomic E-state index is 0.149. The summed E-state index contributed by atoms with van der Waals surface area (Å²) >= 11 is 0. The van der Waals surface area contributed by atoms with Gasteiger partial charge in [-0.2, -0.15) is 0 Å². The van der Waals surface area contributed by atoms with Gasteiger partial charge in [-0.1, -0.05) is 13.3 Å². The lowest BCUT2D eigenvalue weighted by Crippen LogP contribution is -2.52. The average molecular weight is 440 g/mol. The van der Waals surface area contributed by atoms with Crippen LogP contribution in [0, 0.1) is 5.92 Å². The molecular formula is C23H29N5O4. The summed E-state index contributed by atoms with van der Waals surface area (Å²) in [7, 11) is 0. The first kappa shape index (κ1) is 20.9. The molecule has 9 nitrogen and oxygen atoms in total. The molecule has 0 aromatic carbocycles. The minimum Gasteiger partial charge on any atom is -0.339 e. The van der Waals surface area contributed by atoms with Crippen molar-refractivity contribution in [2.75, 3.05) is 26.2 Å². The quantitative estimate of drug-likeness (QED) is 0.759. The number of aryl methyl sites for hydroxylation is 1. The van der Waals surface area contributed by atoms with Crippen molar-refractivity contribution >= 4 is 22.8 Å². The molecule has 2 aromatic rings. The number of hydrogen-bond donors (Lipinski definition) is 1. The van der Waals surface area contributed by atoms with Crippen LogP contribution in [0.4, 0.5) is 0 Å². The number of carbonyl (C=O) groups excluding carboxylic acids is 2. The van der Waals surface area contributed by atoms with Crippen molar-refractivity contribution in [2.45, 2.75) is 57.9 Å². The van der Waals surface area contributed by atoms with Gasteiger partial charge in [0.05, 0.1) is 10.9 Å². The maximum atomic E-state index is 13.5. The second-order valence-corrected chi connectivity index (χ2v) is 9.22. The fourth-order valence-corrected chi connectivity index (χ4v) is 4.70. The summed E-state index contributed by atoms with van der Waals surface area (Å²) in [5.74, 6) is 0.389. The van der Waals surface area contributed by atoms with Crippen molar-refractivity contribution in [3.05, 3.63) is 38.2 Å². The van der Waals surface area contributed by atoms with Gasteiger partial charge in [-0.3, -0.25) is 23.9 Å². The van der Waals surface area contributed by atoms with E-state index >= 15 is 0 Å². The zero-order valence-corrected chi connectivity index (χ0v) is 18.4. The van der Waals surface area contributed by atoms with Gasteiger partial charge in [0, 0.05) is 50.3 Å². The van der Waals surface area contributed by atoms with Gasteiger partial charge in [-0.15, -0.1) is 0 Å². The van der Waals surface area contributed by atoms with Crippen molar-refractivity contribution < 1.29 is 9.59 Å². The molecule has 0 atom stereocenters. The minimum atomic E-state index is -0.575. The maximum absolute atomic E-state index is 13.5. The van der Waals surface area contributed by atoms with Crippen molar-refractivity contribution in [2.24, 2.45) is 5.92 Å². The second kappa shape index (κ2) is 8.18. The predicted octanol–water partition coefficient (Wildman–Crippen LogP) is 1.46. The Morgan fingerprint density at radius 3 is 2.34 bits per heavy atom. The Balaban J connectivity index is 1.48. The number of rotatable bonds is 5. The molecule has 2 amide bonds. The van der Waals surface area contributed by atoms with E-state index in [9.17, 15) is 19.2 Å². The molecule has 1 N–H and O–H groups in total. The van der Waals surface area contributed by atoms with Crippen LogP contribution in [-0.4, -0.2) is 62.3 Å². The Labute approximate surface area is 185 Å². The largest absolute Gasteiger partial charge is 0.339 e. The summed E-state index contributed by atoms with van der Waals surface area (Å²) < 4.78 is 1.47. The summed E-state index contributed by atoms with van der Waals surface area (Å²) in [6.45, 7) is 4.26. The Morgan fingerprint density at radius 1 is 1.06 bits per heavy atom. The van der Waals surface area contributed by atoms with Crippen LogP contribution < -0.4 is 11.2 Å². The van der Waals surface area contributed by atoms with Crippen molar-refractivity contribution in [3.8, 4) is 0 Å². The number of fused-ring (bicyclic) bond motifs is 1. The Kier molecular flexibility index (Phi) is 5.35. The fourth-order valence-electron chi connectivity index (χ4n) is 4.70. The maximum Gasteiger partial charge on any atom is 0.329 e. The first-order chi connectivity index (χ1) is 15.5. The van der Waals surface area contributed by atoms with E-state index in [2.05, 4.69) is 9.97 Å². The van der Waals surface area contributed by atoms with Gasteiger partial charge in [0.25, 0.3) is 11.5 Å². The molecule has 0 unspecified atom stereocenters. The number of carbonyl (C=O) groups is 2. The highest BCUT2D eigenvalue weighted by atomic mass is 16.2. The summed E-state index contributed by atoms with van der Waals surface area (Å²) in [6, 6.07) is 1.74. The predicted molar refractivity (Wildman–Crippen MR) is 119 cm³/mol. The van der Waals surface area contributed by atoms with Crippen LogP contribution in [0.1, 0.15) is 67.4 Å². The standard InChI is InChI=1S/C23H29N5O4/c1-2-8-28-19-18(20(29)25-23(28)32)16(13-17(24-19)14-6-7-14)22(31)27-11-9-26(10-12-27)21(30)15-4-3-5-15/h13-15H,2-12H2,1H3,(H,25,29,32). The fraction of sp³-hybridized carbons (Fsp3) is 0.609. The Hall–Kier alpha value is -2.97. The van der Waals surface area contributed by atoms with Gasteiger partial charge in [-0.25, -0.2) is 9.78 Å². The lowest BCUT2D eigenvalue weighted by atomic mass is 9.84. The number of amides is 2. The van der Waals surface area contributed by atoms with E-state index in [1.165, 1.54) is 4.57 Å². The third kappa shape index (κ3) is 3.63. The SMILES string of the molecule is CCCn1c(=O)[nH]c(=O)c2c(C(=O)N3CCN(C(=O)C4CCC4)CC3)cc(C3CC3)nc21. The highest BCUT2D eigenvalue weighted by Crippen LogP contribution is 2.40. The molecule has 1 aliphatic heterocycles. The first-order valence-electron chi connectivity index (χ1n) is 11.7. The second-order valence-electron chi connectivity index (χ2n) is 9.22. The van der Waals surface area contributed by atoms with E-state index in [1.807, 2.05) is 11.8 Å². The molecule has 1 saturated heterocycles. The zero-order chi connectivity index (χ0) is 22.4. The zero-order valence-electron chi connectivity index (χ0n) is 18.4. The van der Waals surface area contributed by atoms with Gasteiger partial charge in [-0.05, 0) is 38.2 Å². The number of nitrogens with one attached hydrogen (secondary N) is 1. The molecule has 5 rings (SSSR count). The van der Waals surface area contributed by atoms with Crippen LogP contribution >= 0.6 is 0 Å². The molecule has 3 aliphatic rings. The molecule has 32 heavy (non-hydrogen) atoms. The molecule has 2 saturated carbocycles. The number of nitrogens with zero attached hydrogens (tertiary/aromatic N) is 4. The van der Waals surface area contributed by atoms with Crippen molar-refractivity contribution in [3.63, 3.8) is 0 Å². The Morgan fingerprint density at radius 2 is 1.75 bits per heavy atom. The lowest BCUT2D eigenvalue weighted by molar-refractivity contribution is -0.139. The van der Waals surface area contributed by atoms with Crippen LogP contribution in [0.15, 0.2) is 15.7 Å². The number of pyridine rings is 1. The molecule has 3 fully saturated rings. The van der Waals surface area contributed by atoms with Crippen LogP contribution in [0.2, 0.25) is 0 Å². The summed E-state index contributed by atoms with van der Waals surface area (Å²) in [5, 5.41) is 0.181. The van der Waals surface area contributed by atoms with Crippen molar-refractivity contribution in [1.82, 2.24) is 24.3 Å². The van der Waals surface area contributed by atoms with E-state index in [-0.39, 0.29) is 29.0 Å². The Bertz CT molecular complexity index is 1180. The van der Waals surface area contributed by atoms with Gasteiger partial charge in [0.1, 0.15) is 0 Å². The normalized spacial score (nSPS) is 19.3. The van der Waals surface area contributed by atoms with E-state index in [0.29, 0.717) is 50.4 Å². The van der Waals surface area contributed by atoms with Gasteiger partial charge in [0.2, 0.25) is 5.91 Å². The number of hydrogen-bond acceptors (Lipinski definition) is 5. The highest BCUT2D eigenvalue weighted by molar-refractivity contribution is 6.05. The van der Waals surface area contributed by atoms with E-state index in [0.717, 1.165) is 37.8 Å². The third-order valence-corrected chi connectivity index (χ3v) is 6.97. The van der Waals surface area contributed by atoms with Gasteiger partial charge >= 0.3 is 5.69 Å². The molecule has 2 aromatic heterocycles. The highest BCUT2D eigenvalue weighted by Gasteiger charge is 2.34. The lowest BCUT2D eigenvalue weighted by Gasteiger charge is -2.38. The van der Waals surface area contributed by atoms with E-state index in [4.69, 9.17) is 0 Å². The topological polar surface area (TPSA) is 108 Å². The molecule has 0 radical (unpaired) electrons. The van der Waals surface area contributed by atoms with Gasteiger partial charge < -0.3 is 9.80 Å². The molecule has 0 bridgehead atoms. The monoisotopic (exact) mass is 439 g/mol. The van der Waals surface area contributed by atoms with Gasteiger partial charge in [0.15, 0.2) is 5.65 Å². The molecular weight excluding hydrogens is 410 g/mol. The smallest absolute Gasteiger partial charge is 0.329 e. The summed E-state index contributed by atoms with van der Waals surface area (Å²) in [6.07, 6.45) is 5.74. The van der Waals surface area contributed by atoms with Crippen LogP contribution in [0.3, 0.4) is 0 Å². The first-order valence-corrected chi connectivity index (χ1v) is 11.7. The third-order valence-electron chi connectivity index (χ3n) is 6.97. The molecule has 170 valence electrons.